The summed E-state index contributed by atoms with van der Waals surface area (Å²) in [6, 6.07) is 0. The lowest BCUT2D eigenvalue weighted by atomic mass is 9.71. The summed E-state index contributed by atoms with van der Waals surface area (Å²) in [7, 11) is 0. The van der Waals surface area contributed by atoms with Crippen LogP contribution in [0.15, 0.2) is 5.11 Å². The van der Waals surface area contributed by atoms with Gasteiger partial charge in [0.1, 0.15) is 5.60 Å². The van der Waals surface area contributed by atoms with E-state index >= 15 is 0 Å². The zero-order valence-electron chi connectivity index (χ0n) is 13.1. The molecule has 0 saturated carbocycles. The van der Waals surface area contributed by atoms with Crippen LogP contribution in [0, 0.1) is 11.3 Å². The minimum absolute atomic E-state index is 0.159. The number of amides is 1. The Balaban J connectivity index is 1.93. The molecule has 0 aliphatic carbocycles. The number of hydrogen-bond donors (Lipinski definition) is 1. The van der Waals surface area contributed by atoms with E-state index in [0.717, 1.165) is 25.9 Å². The third-order valence-corrected chi connectivity index (χ3v) is 4.51. The zero-order valence-corrected chi connectivity index (χ0v) is 13.1. The summed E-state index contributed by atoms with van der Waals surface area (Å²) in [5.74, 6) is 0.370. The molecule has 0 aromatic heterocycles. The molecule has 2 saturated heterocycles. The first-order chi connectivity index (χ1) is 9.86. The van der Waals surface area contributed by atoms with Crippen molar-refractivity contribution in [1.29, 1.82) is 0 Å². The minimum Gasteiger partial charge on any atom is -0.444 e. The van der Waals surface area contributed by atoms with Crippen LogP contribution in [0.2, 0.25) is 0 Å². The van der Waals surface area contributed by atoms with Crippen molar-refractivity contribution in [3.63, 3.8) is 0 Å². The molecule has 0 bridgehead atoms. The topological polar surface area (TPSA) is 90.3 Å². The van der Waals surface area contributed by atoms with Crippen LogP contribution < -0.4 is 5.32 Å². The number of likely N-dealkylation sites (tertiary alicyclic amines) is 1. The molecule has 7 heteroatoms. The molecular weight excluding hydrogens is 270 g/mol. The van der Waals surface area contributed by atoms with E-state index in [1.54, 1.807) is 4.90 Å². The van der Waals surface area contributed by atoms with Gasteiger partial charge < -0.3 is 15.0 Å². The molecule has 2 aliphatic rings. The van der Waals surface area contributed by atoms with Crippen LogP contribution in [-0.4, -0.2) is 49.3 Å². The minimum atomic E-state index is -0.453. The van der Waals surface area contributed by atoms with Crippen LogP contribution in [0.3, 0.4) is 0 Å². The van der Waals surface area contributed by atoms with Gasteiger partial charge >= 0.3 is 6.09 Å². The molecule has 1 unspecified atom stereocenters. The number of carbonyl (C=O) groups is 1. The molecule has 1 N–H and O–H groups in total. The Bertz CT molecular complexity index is 431. The lowest BCUT2D eigenvalue weighted by Gasteiger charge is -2.42. The van der Waals surface area contributed by atoms with Gasteiger partial charge in [-0.15, -0.1) is 0 Å². The summed E-state index contributed by atoms with van der Waals surface area (Å²) < 4.78 is 5.42. The first-order valence-electron chi connectivity index (χ1n) is 7.56. The van der Waals surface area contributed by atoms with E-state index in [1.165, 1.54) is 0 Å². The zero-order chi connectivity index (χ0) is 15.5. The molecular formula is C14H25N5O2. The van der Waals surface area contributed by atoms with Crippen molar-refractivity contribution in [2.75, 3.05) is 32.7 Å². The number of nitrogens with one attached hydrogen (secondary N) is 1. The molecule has 0 aromatic carbocycles. The van der Waals surface area contributed by atoms with Gasteiger partial charge in [-0.2, -0.15) is 0 Å². The first kappa shape index (κ1) is 15.9. The summed E-state index contributed by atoms with van der Waals surface area (Å²) in [6.45, 7) is 9.45. The van der Waals surface area contributed by atoms with Crippen LogP contribution >= 0.6 is 0 Å². The van der Waals surface area contributed by atoms with Gasteiger partial charge in [0.25, 0.3) is 0 Å². The van der Waals surface area contributed by atoms with Gasteiger partial charge in [-0.1, -0.05) is 5.11 Å². The average Bonchev–Trinajstić information content (AvgIpc) is 2.78. The largest absolute Gasteiger partial charge is 0.444 e. The normalized spacial score (nSPS) is 24.7. The highest BCUT2D eigenvalue weighted by atomic mass is 16.6. The smallest absolute Gasteiger partial charge is 0.410 e. The van der Waals surface area contributed by atoms with Crippen molar-refractivity contribution in [2.45, 2.75) is 39.2 Å². The maximum absolute atomic E-state index is 12.1. The second kappa shape index (κ2) is 6.12. The van der Waals surface area contributed by atoms with Crippen LogP contribution in [-0.2, 0) is 4.74 Å². The van der Waals surface area contributed by atoms with Gasteiger partial charge in [-0.25, -0.2) is 4.79 Å². The monoisotopic (exact) mass is 295 g/mol. The van der Waals surface area contributed by atoms with Crippen LogP contribution in [0.5, 0.6) is 0 Å². The molecule has 2 heterocycles. The number of hydrogen-bond acceptors (Lipinski definition) is 4. The Morgan fingerprint density at radius 3 is 2.71 bits per heavy atom. The van der Waals surface area contributed by atoms with Gasteiger partial charge in [-0.05, 0) is 57.0 Å². The van der Waals surface area contributed by atoms with Gasteiger partial charge in [0.05, 0.1) is 0 Å². The standard InChI is InChI=1S/C14H25N5O2/c1-13(2,3)21-12(20)19-6-4-14(5-7-19)10-16-8-11(14)9-17-18-15/h11,16H,4-10H2,1-3H3. The Kier molecular flexibility index (Phi) is 4.64. The lowest BCUT2D eigenvalue weighted by Crippen LogP contribution is -2.48. The van der Waals surface area contributed by atoms with E-state index in [2.05, 4.69) is 15.3 Å². The molecule has 2 aliphatic heterocycles. The molecule has 1 atom stereocenters. The van der Waals surface area contributed by atoms with Crippen molar-refractivity contribution in [2.24, 2.45) is 16.4 Å². The van der Waals surface area contributed by atoms with E-state index in [4.69, 9.17) is 10.3 Å². The molecule has 7 nitrogen and oxygen atoms in total. The number of piperidine rings is 1. The molecule has 2 rings (SSSR count). The number of nitrogens with zero attached hydrogens (tertiary/aromatic N) is 4. The Morgan fingerprint density at radius 1 is 1.48 bits per heavy atom. The van der Waals surface area contributed by atoms with E-state index in [9.17, 15) is 4.79 Å². The van der Waals surface area contributed by atoms with Gasteiger partial charge in [0.15, 0.2) is 0 Å². The highest BCUT2D eigenvalue weighted by Crippen LogP contribution is 2.41. The predicted octanol–water partition coefficient (Wildman–Crippen LogP) is 2.53. The molecule has 118 valence electrons. The predicted molar refractivity (Wildman–Crippen MR) is 79.8 cm³/mol. The van der Waals surface area contributed by atoms with Gasteiger partial charge in [-0.3, -0.25) is 0 Å². The van der Waals surface area contributed by atoms with E-state index < -0.39 is 5.60 Å². The maximum atomic E-state index is 12.1. The van der Waals surface area contributed by atoms with Gasteiger partial charge in [0.2, 0.25) is 0 Å². The summed E-state index contributed by atoms with van der Waals surface area (Å²) in [5.41, 5.74) is 8.21. The summed E-state index contributed by atoms with van der Waals surface area (Å²) in [5, 5.41) is 7.15. The van der Waals surface area contributed by atoms with E-state index in [-0.39, 0.29) is 11.5 Å². The van der Waals surface area contributed by atoms with Crippen molar-refractivity contribution in [3.05, 3.63) is 10.4 Å². The highest BCUT2D eigenvalue weighted by Gasteiger charge is 2.45. The third-order valence-electron chi connectivity index (χ3n) is 4.51. The number of rotatable bonds is 2. The molecule has 1 amide bonds. The fraction of sp³-hybridized carbons (Fsp3) is 0.929. The van der Waals surface area contributed by atoms with Crippen molar-refractivity contribution >= 4 is 6.09 Å². The molecule has 0 aromatic rings. The molecule has 2 fully saturated rings. The Hall–Kier alpha value is -1.46. The average molecular weight is 295 g/mol. The molecule has 21 heavy (non-hydrogen) atoms. The summed E-state index contributed by atoms with van der Waals surface area (Å²) >= 11 is 0. The maximum Gasteiger partial charge on any atom is 0.410 e. The van der Waals surface area contributed by atoms with Gasteiger partial charge in [0, 0.05) is 31.1 Å². The number of ether oxygens (including phenoxy) is 1. The lowest BCUT2D eigenvalue weighted by molar-refractivity contribution is 0.00728. The van der Waals surface area contributed by atoms with Crippen LogP contribution in [0.1, 0.15) is 33.6 Å². The SMILES string of the molecule is CC(C)(C)OC(=O)N1CCC2(CC1)CNCC2CN=[N+]=[N-]. The van der Waals surface area contributed by atoms with E-state index in [1.807, 2.05) is 20.8 Å². The molecule has 1 spiro atoms. The number of azide groups is 1. The second-order valence-corrected chi connectivity index (χ2v) is 7.07. The highest BCUT2D eigenvalue weighted by molar-refractivity contribution is 5.68. The van der Waals surface area contributed by atoms with Crippen LogP contribution in [0.4, 0.5) is 4.79 Å². The Morgan fingerprint density at radius 2 is 2.14 bits per heavy atom. The van der Waals surface area contributed by atoms with Crippen molar-refractivity contribution in [1.82, 2.24) is 10.2 Å². The fourth-order valence-corrected chi connectivity index (χ4v) is 3.30. The first-order valence-corrected chi connectivity index (χ1v) is 7.56. The Labute approximate surface area is 125 Å². The van der Waals surface area contributed by atoms with Crippen LogP contribution in [0.25, 0.3) is 10.4 Å². The number of carbonyl (C=O) groups excluding carboxylic acids is 1. The van der Waals surface area contributed by atoms with Crippen molar-refractivity contribution in [3.8, 4) is 0 Å². The third kappa shape index (κ3) is 3.80. The molecule has 0 radical (unpaired) electrons. The van der Waals surface area contributed by atoms with Crippen molar-refractivity contribution < 1.29 is 9.53 Å². The van der Waals surface area contributed by atoms with E-state index in [0.29, 0.717) is 25.6 Å². The summed E-state index contributed by atoms with van der Waals surface area (Å²) in [4.78, 5) is 16.8. The second-order valence-electron chi connectivity index (χ2n) is 7.07. The quantitative estimate of drug-likeness (QED) is 0.482. The fourth-order valence-electron chi connectivity index (χ4n) is 3.30. The summed E-state index contributed by atoms with van der Waals surface area (Å²) in [6.07, 6.45) is 1.64.